The van der Waals surface area contributed by atoms with Crippen LogP contribution in [0.3, 0.4) is 0 Å². The van der Waals surface area contributed by atoms with Crippen LogP contribution in [0.1, 0.15) is 48.8 Å². The van der Waals surface area contributed by atoms with Gasteiger partial charge >= 0.3 is 12.1 Å². The molecule has 8 nitrogen and oxygen atoms in total. The second-order valence-corrected chi connectivity index (χ2v) is 11.1. The number of hydrogen-bond donors (Lipinski definition) is 3. The number of alkyl halides is 3. The highest BCUT2D eigenvalue weighted by Gasteiger charge is 2.38. The standard InChI is InChI=1S/C28H33N3O3S.C2HF3O2/c1-19(2)34-25-6-4-5-22(17-25)26-11-12-27(35-26)28(33)30-24-13-15-31(16-14-24)18-21-7-9-23(10-8-21)29-20(3)32;3-2(4,5)1(6)7/h4-12,17,19,24H,13-16,18H2,1-3H3,(H,29,32)(H,30,33);(H,6,7). The molecule has 3 aromatic rings. The number of carboxylic acid groups (broad SMARTS) is 1. The largest absolute Gasteiger partial charge is 0.491 e. The number of amides is 2. The minimum atomic E-state index is -5.08. The number of ether oxygens (including phenoxy) is 1. The van der Waals surface area contributed by atoms with Gasteiger partial charge < -0.3 is 20.5 Å². The minimum absolute atomic E-state index is 0.00263. The summed E-state index contributed by atoms with van der Waals surface area (Å²) in [4.78, 5) is 37.1. The number of carboxylic acids is 1. The van der Waals surface area contributed by atoms with Crippen molar-refractivity contribution in [2.75, 3.05) is 18.4 Å². The summed E-state index contributed by atoms with van der Waals surface area (Å²) in [5.74, 6) is -1.98. The van der Waals surface area contributed by atoms with Crippen molar-refractivity contribution in [2.45, 2.75) is 58.5 Å². The highest BCUT2D eigenvalue weighted by atomic mass is 32.1. The molecule has 0 aliphatic carbocycles. The van der Waals surface area contributed by atoms with Crippen LogP contribution < -0.4 is 15.4 Å². The van der Waals surface area contributed by atoms with Crippen LogP contribution in [-0.2, 0) is 16.1 Å². The smallest absolute Gasteiger partial charge is 0.490 e. The molecule has 2 aromatic carbocycles. The van der Waals surface area contributed by atoms with E-state index in [2.05, 4.69) is 27.7 Å². The Bertz CT molecular complexity index is 1350. The second kappa shape index (κ2) is 14.8. The molecule has 0 unspecified atom stereocenters. The molecule has 1 aromatic heterocycles. The molecule has 42 heavy (non-hydrogen) atoms. The number of benzene rings is 2. The third-order valence-corrected chi connectivity index (χ3v) is 7.30. The first-order valence-electron chi connectivity index (χ1n) is 13.4. The van der Waals surface area contributed by atoms with Crippen molar-refractivity contribution in [1.82, 2.24) is 10.2 Å². The first kappa shape index (κ1) is 32.6. The number of halogens is 3. The van der Waals surface area contributed by atoms with E-state index < -0.39 is 12.1 Å². The van der Waals surface area contributed by atoms with Gasteiger partial charge in [-0.1, -0.05) is 24.3 Å². The Hall–Kier alpha value is -3.90. The zero-order valence-electron chi connectivity index (χ0n) is 23.5. The van der Waals surface area contributed by atoms with Crippen molar-refractivity contribution in [2.24, 2.45) is 0 Å². The lowest BCUT2D eigenvalue weighted by atomic mass is 10.0. The second-order valence-electron chi connectivity index (χ2n) is 10.1. The normalized spacial score (nSPS) is 14.1. The molecule has 2 amide bonds. The quantitative estimate of drug-likeness (QED) is 0.283. The summed E-state index contributed by atoms with van der Waals surface area (Å²) in [6.45, 7) is 8.28. The van der Waals surface area contributed by atoms with Crippen molar-refractivity contribution in [3.05, 3.63) is 71.1 Å². The number of carbonyl (C=O) groups excluding carboxylic acids is 2. The maximum Gasteiger partial charge on any atom is 0.490 e. The fourth-order valence-electron chi connectivity index (χ4n) is 4.26. The van der Waals surface area contributed by atoms with Crippen molar-refractivity contribution >= 4 is 34.8 Å². The van der Waals surface area contributed by atoms with E-state index in [1.54, 1.807) is 0 Å². The number of rotatable bonds is 8. The molecule has 0 saturated carbocycles. The molecule has 4 rings (SSSR count). The minimum Gasteiger partial charge on any atom is -0.491 e. The molecule has 0 bridgehead atoms. The van der Waals surface area contributed by atoms with Crippen LogP contribution in [0.4, 0.5) is 18.9 Å². The third-order valence-electron chi connectivity index (χ3n) is 6.17. The van der Waals surface area contributed by atoms with Gasteiger partial charge in [0, 0.05) is 43.2 Å². The monoisotopic (exact) mass is 605 g/mol. The number of piperidine rings is 1. The van der Waals surface area contributed by atoms with Gasteiger partial charge in [0.25, 0.3) is 5.91 Å². The van der Waals surface area contributed by atoms with Crippen molar-refractivity contribution in [3.63, 3.8) is 0 Å². The lowest BCUT2D eigenvalue weighted by molar-refractivity contribution is -0.192. The Morgan fingerprint density at radius 2 is 1.69 bits per heavy atom. The van der Waals surface area contributed by atoms with Gasteiger partial charge in [0.15, 0.2) is 0 Å². The topological polar surface area (TPSA) is 108 Å². The lowest BCUT2D eigenvalue weighted by Crippen LogP contribution is -2.44. The Morgan fingerprint density at radius 1 is 1.05 bits per heavy atom. The highest BCUT2D eigenvalue weighted by Crippen LogP contribution is 2.31. The van der Waals surface area contributed by atoms with Gasteiger partial charge in [0.05, 0.1) is 11.0 Å². The highest BCUT2D eigenvalue weighted by molar-refractivity contribution is 7.17. The van der Waals surface area contributed by atoms with Gasteiger partial charge in [-0.25, -0.2) is 4.79 Å². The third kappa shape index (κ3) is 10.5. The van der Waals surface area contributed by atoms with Gasteiger partial charge in [-0.2, -0.15) is 13.2 Å². The van der Waals surface area contributed by atoms with Crippen LogP contribution in [-0.4, -0.2) is 59.2 Å². The van der Waals surface area contributed by atoms with Crippen LogP contribution in [0.2, 0.25) is 0 Å². The fraction of sp³-hybridized carbons (Fsp3) is 0.367. The molecule has 0 radical (unpaired) electrons. The average Bonchev–Trinajstić information content (AvgIpc) is 3.41. The SMILES string of the molecule is CC(=O)Nc1ccc(CN2CCC(NC(=O)c3ccc(-c4cccc(OC(C)C)c4)s3)CC2)cc1.O=C(O)C(F)(F)F. The van der Waals surface area contributed by atoms with Crippen LogP contribution >= 0.6 is 11.3 Å². The molecule has 2 heterocycles. The Labute approximate surface area is 246 Å². The number of thiophene rings is 1. The van der Waals surface area contributed by atoms with Gasteiger partial charge in [0.1, 0.15) is 5.75 Å². The summed E-state index contributed by atoms with van der Waals surface area (Å²) < 4.78 is 37.5. The Balaban J connectivity index is 0.000000616. The van der Waals surface area contributed by atoms with E-state index in [0.717, 1.165) is 59.2 Å². The van der Waals surface area contributed by atoms with E-state index in [9.17, 15) is 22.8 Å². The first-order chi connectivity index (χ1) is 19.8. The van der Waals surface area contributed by atoms with E-state index in [4.69, 9.17) is 14.6 Å². The first-order valence-corrected chi connectivity index (χ1v) is 14.2. The van der Waals surface area contributed by atoms with Gasteiger partial charge in [-0.15, -0.1) is 11.3 Å². The molecular formula is C30H34F3N3O5S. The predicted molar refractivity (Wildman–Crippen MR) is 156 cm³/mol. The van der Waals surface area contributed by atoms with Crippen molar-refractivity contribution in [1.29, 1.82) is 0 Å². The predicted octanol–water partition coefficient (Wildman–Crippen LogP) is 6.19. The number of aliphatic carboxylic acids is 1. The molecule has 12 heteroatoms. The summed E-state index contributed by atoms with van der Waals surface area (Å²) in [5.41, 5.74) is 3.09. The molecule has 1 aliphatic rings. The van der Waals surface area contributed by atoms with Crippen LogP contribution in [0, 0.1) is 0 Å². The summed E-state index contributed by atoms with van der Waals surface area (Å²) in [7, 11) is 0. The maximum absolute atomic E-state index is 12.9. The van der Waals surface area contributed by atoms with Crippen LogP contribution in [0.25, 0.3) is 10.4 Å². The Kier molecular flexibility index (Phi) is 11.5. The Morgan fingerprint density at radius 3 is 2.26 bits per heavy atom. The number of likely N-dealkylation sites (tertiary alicyclic amines) is 1. The molecule has 1 saturated heterocycles. The van der Waals surface area contributed by atoms with Gasteiger partial charge in [0.2, 0.25) is 5.91 Å². The molecule has 1 fully saturated rings. The zero-order valence-corrected chi connectivity index (χ0v) is 24.3. The molecule has 226 valence electrons. The van der Waals surface area contributed by atoms with Crippen LogP contribution in [0.5, 0.6) is 5.75 Å². The van der Waals surface area contributed by atoms with E-state index in [-0.39, 0.29) is 24.0 Å². The van der Waals surface area contributed by atoms with Crippen molar-refractivity contribution < 1.29 is 37.4 Å². The van der Waals surface area contributed by atoms with E-state index >= 15 is 0 Å². The molecule has 0 atom stereocenters. The average molecular weight is 606 g/mol. The van der Waals surface area contributed by atoms with Gasteiger partial charge in [-0.05, 0) is 74.2 Å². The summed E-state index contributed by atoms with van der Waals surface area (Å²) >= 11 is 1.51. The summed E-state index contributed by atoms with van der Waals surface area (Å²) in [5, 5.41) is 13.1. The number of nitrogens with one attached hydrogen (secondary N) is 2. The zero-order chi connectivity index (χ0) is 30.9. The molecule has 3 N–H and O–H groups in total. The maximum atomic E-state index is 12.9. The van der Waals surface area contributed by atoms with E-state index in [0.29, 0.717) is 0 Å². The number of carbonyl (C=O) groups is 3. The molecular weight excluding hydrogens is 571 g/mol. The molecule has 1 aliphatic heterocycles. The molecule has 0 spiro atoms. The van der Waals surface area contributed by atoms with Crippen LogP contribution in [0.15, 0.2) is 60.7 Å². The summed E-state index contributed by atoms with van der Waals surface area (Å²) in [6, 6.07) is 20.1. The number of anilines is 1. The number of hydrogen-bond acceptors (Lipinski definition) is 6. The van der Waals surface area contributed by atoms with E-state index in [1.807, 2.05) is 62.4 Å². The fourth-order valence-corrected chi connectivity index (χ4v) is 5.16. The lowest BCUT2D eigenvalue weighted by Gasteiger charge is -2.32. The van der Waals surface area contributed by atoms with E-state index in [1.165, 1.54) is 23.8 Å². The summed E-state index contributed by atoms with van der Waals surface area (Å²) in [6.07, 6.45) is -3.10. The number of nitrogens with zero attached hydrogens (tertiary/aromatic N) is 1. The van der Waals surface area contributed by atoms with Gasteiger partial charge in [-0.3, -0.25) is 14.5 Å². The van der Waals surface area contributed by atoms with Crippen molar-refractivity contribution in [3.8, 4) is 16.2 Å².